The van der Waals surface area contributed by atoms with Gasteiger partial charge in [0, 0.05) is 62.8 Å². The molecule has 1 saturated carbocycles. The van der Waals surface area contributed by atoms with Gasteiger partial charge in [-0.05, 0) is 31.2 Å². The smallest absolute Gasteiger partial charge is 0.251 e. The third kappa shape index (κ3) is 3.28. The molecule has 2 aromatic heterocycles. The Hall–Kier alpha value is -2.41. The second-order valence-corrected chi connectivity index (χ2v) is 8.55. The van der Waals surface area contributed by atoms with Crippen LogP contribution in [0.1, 0.15) is 61.2 Å². The molecule has 2 aromatic rings. The number of carbonyl (C=O) groups excluding carboxylic acids is 1. The van der Waals surface area contributed by atoms with Crippen molar-refractivity contribution >= 4 is 5.91 Å². The van der Waals surface area contributed by atoms with E-state index in [4.69, 9.17) is 4.52 Å². The van der Waals surface area contributed by atoms with Crippen molar-refractivity contribution in [1.29, 1.82) is 0 Å². The van der Waals surface area contributed by atoms with Crippen LogP contribution < -0.4 is 10.9 Å². The number of nitrogens with zero attached hydrogens (tertiary/aromatic N) is 3. The Balaban J connectivity index is 1.39. The maximum atomic E-state index is 12.6. The summed E-state index contributed by atoms with van der Waals surface area (Å²) in [5, 5.41) is 7.20. The third-order valence-corrected chi connectivity index (χ3v) is 6.38. The third-order valence-electron chi connectivity index (χ3n) is 6.38. The van der Waals surface area contributed by atoms with Crippen LogP contribution in [-0.2, 0) is 11.3 Å². The molecule has 3 atom stereocenters. The van der Waals surface area contributed by atoms with Crippen LogP contribution in [-0.4, -0.2) is 40.2 Å². The minimum atomic E-state index is -0.0597. The standard InChI is InChI=1S/C21H26N4O3/c1-13(26)22-9-19-16-7-15(18-3-2-4-21(27)25(18)19)10-24(11-16)12-17-8-20(28-23-17)14-5-6-14/h2-4,8,14-16,19H,5-7,9-12H2,1H3,(H,22,26)/t15-,16+,19+/m1/s1. The Labute approximate surface area is 163 Å². The molecule has 0 aromatic carbocycles. The first-order valence-electron chi connectivity index (χ1n) is 10.2. The monoisotopic (exact) mass is 382 g/mol. The van der Waals surface area contributed by atoms with Crippen LogP contribution in [0.5, 0.6) is 0 Å². The van der Waals surface area contributed by atoms with Crippen molar-refractivity contribution in [3.05, 3.63) is 51.8 Å². The van der Waals surface area contributed by atoms with Gasteiger partial charge in [-0.3, -0.25) is 14.5 Å². The molecule has 2 fully saturated rings. The van der Waals surface area contributed by atoms with Gasteiger partial charge in [-0.25, -0.2) is 0 Å². The zero-order valence-electron chi connectivity index (χ0n) is 16.1. The molecule has 1 saturated heterocycles. The fourth-order valence-corrected chi connectivity index (χ4v) is 4.97. The number of piperidine rings is 1. The van der Waals surface area contributed by atoms with Crippen LogP contribution in [0.3, 0.4) is 0 Å². The first kappa shape index (κ1) is 17.7. The van der Waals surface area contributed by atoms with E-state index in [1.807, 2.05) is 10.6 Å². The molecular formula is C21H26N4O3. The fourth-order valence-electron chi connectivity index (χ4n) is 4.97. The number of hydrogen-bond donors (Lipinski definition) is 1. The first-order chi connectivity index (χ1) is 13.6. The highest BCUT2D eigenvalue weighted by Gasteiger charge is 2.40. The van der Waals surface area contributed by atoms with Crippen LogP contribution in [0.2, 0.25) is 0 Å². The second kappa shape index (κ2) is 6.88. The molecule has 2 aliphatic heterocycles. The Morgan fingerprint density at radius 3 is 2.93 bits per heavy atom. The van der Waals surface area contributed by atoms with Crippen LogP contribution >= 0.6 is 0 Å². The molecule has 1 N–H and O–H groups in total. The summed E-state index contributed by atoms with van der Waals surface area (Å²) in [4.78, 5) is 26.5. The lowest BCUT2D eigenvalue weighted by Gasteiger charge is -2.46. The number of amides is 1. The summed E-state index contributed by atoms with van der Waals surface area (Å²) in [5.41, 5.74) is 2.11. The van der Waals surface area contributed by atoms with Gasteiger partial charge in [-0.2, -0.15) is 0 Å². The van der Waals surface area contributed by atoms with Gasteiger partial charge in [0.2, 0.25) is 5.91 Å². The molecular weight excluding hydrogens is 356 g/mol. The summed E-state index contributed by atoms with van der Waals surface area (Å²) in [5.74, 6) is 2.19. The van der Waals surface area contributed by atoms with Crippen molar-refractivity contribution in [2.45, 2.75) is 50.6 Å². The van der Waals surface area contributed by atoms with Gasteiger partial charge in [0.15, 0.2) is 0 Å². The van der Waals surface area contributed by atoms with E-state index in [9.17, 15) is 9.59 Å². The quantitative estimate of drug-likeness (QED) is 0.856. The van der Waals surface area contributed by atoms with E-state index in [2.05, 4.69) is 27.5 Å². The van der Waals surface area contributed by atoms with Crippen molar-refractivity contribution in [3.63, 3.8) is 0 Å². The van der Waals surface area contributed by atoms with Crippen molar-refractivity contribution in [2.24, 2.45) is 5.92 Å². The molecule has 3 aliphatic rings. The summed E-state index contributed by atoms with van der Waals surface area (Å²) < 4.78 is 7.44. The average molecular weight is 382 g/mol. The van der Waals surface area contributed by atoms with Crippen molar-refractivity contribution in [1.82, 2.24) is 19.9 Å². The minimum absolute atomic E-state index is 0.00835. The summed E-state index contributed by atoms with van der Waals surface area (Å²) in [6.07, 6.45) is 3.47. The normalized spacial score (nSPS) is 26.7. The molecule has 148 valence electrons. The Morgan fingerprint density at radius 2 is 2.14 bits per heavy atom. The largest absolute Gasteiger partial charge is 0.361 e. The van der Waals surface area contributed by atoms with E-state index in [1.54, 1.807) is 6.07 Å². The van der Waals surface area contributed by atoms with E-state index in [1.165, 1.54) is 19.8 Å². The van der Waals surface area contributed by atoms with Gasteiger partial charge in [0.25, 0.3) is 5.56 Å². The number of hydrogen-bond acceptors (Lipinski definition) is 5. The number of likely N-dealkylation sites (tertiary alicyclic amines) is 1. The maximum absolute atomic E-state index is 12.6. The zero-order chi connectivity index (χ0) is 19.3. The van der Waals surface area contributed by atoms with E-state index < -0.39 is 0 Å². The lowest BCUT2D eigenvalue weighted by molar-refractivity contribution is -0.119. The van der Waals surface area contributed by atoms with E-state index in [0.717, 1.165) is 43.2 Å². The van der Waals surface area contributed by atoms with Crippen molar-refractivity contribution in [2.75, 3.05) is 19.6 Å². The predicted octanol–water partition coefficient (Wildman–Crippen LogP) is 2.01. The lowest BCUT2D eigenvalue weighted by Crippen LogP contribution is -2.51. The summed E-state index contributed by atoms with van der Waals surface area (Å²) in [7, 11) is 0. The Bertz CT molecular complexity index is 945. The number of aromatic nitrogens is 2. The summed E-state index contributed by atoms with van der Waals surface area (Å²) in [6.45, 7) is 4.60. The molecule has 1 aliphatic carbocycles. The molecule has 0 radical (unpaired) electrons. The highest BCUT2D eigenvalue weighted by molar-refractivity contribution is 5.72. The molecule has 2 bridgehead atoms. The van der Waals surface area contributed by atoms with Crippen LogP contribution in [0, 0.1) is 5.92 Å². The number of carbonyl (C=O) groups is 1. The van der Waals surface area contributed by atoms with Gasteiger partial charge in [0.1, 0.15) is 5.76 Å². The molecule has 5 rings (SSSR count). The maximum Gasteiger partial charge on any atom is 0.251 e. The average Bonchev–Trinajstić information content (AvgIpc) is 3.41. The van der Waals surface area contributed by atoms with Gasteiger partial charge in [-0.1, -0.05) is 11.2 Å². The van der Waals surface area contributed by atoms with Crippen molar-refractivity contribution < 1.29 is 9.32 Å². The van der Waals surface area contributed by atoms with Crippen LogP contribution in [0.25, 0.3) is 0 Å². The number of nitrogens with one attached hydrogen (secondary N) is 1. The molecule has 7 nitrogen and oxygen atoms in total. The van der Waals surface area contributed by atoms with Crippen LogP contribution in [0.15, 0.2) is 33.6 Å². The van der Waals surface area contributed by atoms with Gasteiger partial charge >= 0.3 is 0 Å². The summed E-state index contributed by atoms with van der Waals surface area (Å²) >= 11 is 0. The Kier molecular flexibility index (Phi) is 4.34. The van der Waals surface area contributed by atoms with E-state index >= 15 is 0 Å². The minimum Gasteiger partial charge on any atom is -0.361 e. The SMILES string of the molecule is CC(=O)NC[C@H]1[C@H]2C[C@H](CN(Cc3cc(C4CC4)on3)C2)c2cccc(=O)n21. The number of pyridine rings is 1. The predicted molar refractivity (Wildman–Crippen MR) is 103 cm³/mol. The van der Waals surface area contributed by atoms with E-state index in [-0.39, 0.29) is 17.5 Å². The van der Waals surface area contributed by atoms with Gasteiger partial charge in [-0.15, -0.1) is 0 Å². The molecule has 7 heteroatoms. The topological polar surface area (TPSA) is 80.4 Å². The second-order valence-electron chi connectivity index (χ2n) is 8.55. The lowest BCUT2D eigenvalue weighted by atomic mass is 9.78. The zero-order valence-corrected chi connectivity index (χ0v) is 16.1. The van der Waals surface area contributed by atoms with Crippen LogP contribution in [0.4, 0.5) is 0 Å². The molecule has 28 heavy (non-hydrogen) atoms. The molecule has 0 spiro atoms. The summed E-state index contributed by atoms with van der Waals surface area (Å²) in [6, 6.07) is 7.63. The van der Waals surface area contributed by atoms with Gasteiger partial charge in [0.05, 0.1) is 11.7 Å². The Morgan fingerprint density at radius 1 is 1.29 bits per heavy atom. The number of rotatable bonds is 5. The highest BCUT2D eigenvalue weighted by atomic mass is 16.5. The van der Waals surface area contributed by atoms with Gasteiger partial charge < -0.3 is 14.4 Å². The first-order valence-corrected chi connectivity index (χ1v) is 10.2. The molecule has 0 unspecified atom stereocenters. The molecule has 1 amide bonds. The molecule has 4 heterocycles. The number of fused-ring (bicyclic) bond motifs is 4. The highest BCUT2D eigenvalue weighted by Crippen LogP contribution is 2.42. The van der Waals surface area contributed by atoms with Crippen molar-refractivity contribution in [3.8, 4) is 0 Å². The fraction of sp³-hybridized carbons (Fsp3) is 0.571. The van der Waals surface area contributed by atoms with E-state index in [0.29, 0.717) is 24.3 Å².